The third kappa shape index (κ3) is 49.4. The van der Waals surface area contributed by atoms with E-state index in [4.69, 9.17) is 14.2 Å². The van der Waals surface area contributed by atoms with Gasteiger partial charge in [0.15, 0.2) is 6.10 Å². The van der Waals surface area contributed by atoms with Crippen LogP contribution in [0.4, 0.5) is 0 Å². The molecular formula is C56H108O6. The van der Waals surface area contributed by atoms with Gasteiger partial charge in [0.25, 0.3) is 0 Å². The summed E-state index contributed by atoms with van der Waals surface area (Å²) in [5.41, 5.74) is 0. The lowest BCUT2D eigenvalue weighted by molar-refractivity contribution is -0.167. The number of carbonyl (C=O) groups excluding carboxylic acids is 3. The summed E-state index contributed by atoms with van der Waals surface area (Å²) in [7, 11) is 0. The van der Waals surface area contributed by atoms with Gasteiger partial charge in [-0.05, 0) is 37.0 Å². The van der Waals surface area contributed by atoms with Crippen molar-refractivity contribution in [3.63, 3.8) is 0 Å². The normalized spacial score (nSPS) is 12.1. The number of hydrogen-bond acceptors (Lipinski definition) is 6. The minimum absolute atomic E-state index is 0.0642. The zero-order valence-electron chi connectivity index (χ0n) is 42.7. The molecule has 0 amide bonds. The van der Waals surface area contributed by atoms with Crippen LogP contribution >= 0.6 is 0 Å². The molecule has 0 radical (unpaired) electrons. The molecule has 0 unspecified atom stereocenters. The molecule has 0 rings (SSSR count). The van der Waals surface area contributed by atoms with Crippen LogP contribution in [0.3, 0.4) is 0 Å². The lowest BCUT2D eigenvalue weighted by atomic mass is 10.0. The summed E-state index contributed by atoms with van der Waals surface area (Å²) in [6, 6.07) is 0. The molecule has 368 valence electrons. The van der Waals surface area contributed by atoms with Gasteiger partial charge in [0.1, 0.15) is 13.2 Å². The van der Waals surface area contributed by atoms with E-state index in [1.807, 2.05) is 0 Å². The van der Waals surface area contributed by atoms with Gasteiger partial charge < -0.3 is 14.2 Å². The molecule has 0 aromatic heterocycles. The van der Waals surface area contributed by atoms with Crippen LogP contribution in [0, 0.1) is 17.8 Å². The van der Waals surface area contributed by atoms with Gasteiger partial charge in [-0.2, -0.15) is 0 Å². The maximum Gasteiger partial charge on any atom is 0.306 e. The molecule has 0 spiro atoms. The van der Waals surface area contributed by atoms with Crippen LogP contribution in [0.1, 0.15) is 305 Å². The van der Waals surface area contributed by atoms with Crippen LogP contribution < -0.4 is 0 Å². The first-order valence-electron chi connectivity index (χ1n) is 27.6. The van der Waals surface area contributed by atoms with Gasteiger partial charge in [-0.15, -0.1) is 0 Å². The van der Waals surface area contributed by atoms with Crippen LogP contribution in [0.25, 0.3) is 0 Å². The summed E-state index contributed by atoms with van der Waals surface area (Å²) in [5.74, 6) is 1.64. The molecule has 0 aromatic carbocycles. The molecule has 0 N–H and O–H groups in total. The molecule has 62 heavy (non-hydrogen) atoms. The summed E-state index contributed by atoms with van der Waals surface area (Å²) < 4.78 is 16.9. The van der Waals surface area contributed by atoms with Crippen molar-refractivity contribution in [3.8, 4) is 0 Å². The van der Waals surface area contributed by atoms with Crippen molar-refractivity contribution >= 4 is 17.9 Å². The highest BCUT2D eigenvalue weighted by Crippen LogP contribution is 2.18. The maximum atomic E-state index is 12.8. The Kier molecular flexibility index (Phi) is 46.2. The average molecular weight is 877 g/mol. The SMILES string of the molecule is CC(C)CCCCCCCCCCCCCCCCC(=O)OC[C@H](COC(=O)CCCCCCCCCCCCCCC(C)C)OC(=O)CCCCCCCCCCCC(C)C. The Balaban J connectivity index is 4.29. The highest BCUT2D eigenvalue weighted by atomic mass is 16.6. The van der Waals surface area contributed by atoms with Crippen molar-refractivity contribution in [2.75, 3.05) is 13.2 Å². The highest BCUT2D eigenvalue weighted by Gasteiger charge is 2.19. The fourth-order valence-electron chi connectivity index (χ4n) is 8.47. The summed E-state index contributed by atoms with van der Waals surface area (Å²) in [5, 5.41) is 0. The molecule has 1 atom stereocenters. The van der Waals surface area contributed by atoms with Crippen LogP contribution in [-0.4, -0.2) is 37.2 Å². The zero-order valence-corrected chi connectivity index (χ0v) is 42.7. The van der Waals surface area contributed by atoms with Gasteiger partial charge in [-0.1, -0.05) is 266 Å². The van der Waals surface area contributed by atoms with Crippen molar-refractivity contribution in [2.45, 2.75) is 311 Å². The van der Waals surface area contributed by atoms with E-state index in [1.165, 1.54) is 186 Å². The van der Waals surface area contributed by atoms with E-state index in [9.17, 15) is 14.4 Å². The fraction of sp³-hybridized carbons (Fsp3) is 0.946. The van der Waals surface area contributed by atoms with Crippen molar-refractivity contribution < 1.29 is 28.6 Å². The molecule has 0 aliphatic rings. The molecule has 6 heteroatoms. The van der Waals surface area contributed by atoms with E-state index in [1.54, 1.807) is 0 Å². The zero-order chi connectivity index (χ0) is 45.6. The van der Waals surface area contributed by atoms with E-state index in [0.717, 1.165) is 75.5 Å². The van der Waals surface area contributed by atoms with Crippen molar-refractivity contribution in [1.29, 1.82) is 0 Å². The molecule has 0 aliphatic carbocycles. The summed E-state index contributed by atoms with van der Waals surface area (Å²) in [6.07, 6.45) is 48.1. The second-order valence-corrected chi connectivity index (χ2v) is 20.6. The highest BCUT2D eigenvalue weighted by molar-refractivity contribution is 5.71. The Bertz CT molecular complexity index is 960. The van der Waals surface area contributed by atoms with E-state index in [-0.39, 0.29) is 31.1 Å². The summed E-state index contributed by atoms with van der Waals surface area (Å²) in [6.45, 7) is 13.7. The molecule has 0 bridgehead atoms. The first kappa shape index (κ1) is 60.4. The largest absolute Gasteiger partial charge is 0.462 e. The van der Waals surface area contributed by atoms with Crippen LogP contribution in [0.5, 0.6) is 0 Å². The van der Waals surface area contributed by atoms with Crippen LogP contribution in [0.15, 0.2) is 0 Å². The molecule has 0 aromatic rings. The Hall–Kier alpha value is -1.59. The minimum Gasteiger partial charge on any atom is -0.462 e. The number of ether oxygens (including phenoxy) is 3. The summed E-state index contributed by atoms with van der Waals surface area (Å²) >= 11 is 0. The van der Waals surface area contributed by atoms with Gasteiger partial charge in [-0.3, -0.25) is 14.4 Å². The van der Waals surface area contributed by atoms with Gasteiger partial charge in [-0.25, -0.2) is 0 Å². The minimum atomic E-state index is -0.763. The smallest absolute Gasteiger partial charge is 0.306 e. The van der Waals surface area contributed by atoms with Crippen molar-refractivity contribution in [1.82, 2.24) is 0 Å². The van der Waals surface area contributed by atoms with Crippen LogP contribution in [0.2, 0.25) is 0 Å². The Labute approximate surface area is 387 Å². The molecule has 6 nitrogen and oxygen atoms in total. The average Bonchev–Trinajstić information content (AvgIpc) is 3.23. The van der Waals surface area contributed by atoms with E-state index >= 15 is 0 Å². The fourth-order valence-corrected chi connectivity index (χ4v) is 8.47. The number of esters is 3. The van der Waals surface area contributed by atoms with Crippen LogP contribution in [-0.2, 0) is 28.6 Å². The molecule has 0 saturated carbocycles. The Morgan fingerprint density at radius 1 is 0.274 bits per heavy atom. The van der Waals surface area contributed by atoms with E-state index < -0.39 is 6.10 Å². The van der Waals surface area contributed by atoms with Crippen molar-refractivity contribution in [2.24, 2.45) is 17.8 Å². The number of hydrogen-bond donors (Lipinski definition) is 0. The topological polar surface area (TPSA) is 78.9 Å². The first-order chi connectivity index (χ1) is 30.1. The predicted octanol–water partition coefficient (Wildman–Crippen LogP) is 17.9. The predicted molar refractivity (Wildman–Crippen MR) is 266 cm³/mol. The lowest BCUT2D eigenvalue weighted by Crippen LogP contribution is -2.30. The van der Waals surface area contributed by atoms with E-state index in [0.29, 0.717) is 19.3 Å². The number of carbonyl (C=O) groups is 3. The second kappa shape index (κ2) is 47.4. The van der Waals surface area contributed by atoms with Gasteiger partial charge in [0, 0.05) is 19.3 Å². The Morgan fingerprint density at radius 2 is 0.468 bits per heavy atom. The molecule has 0 fully saturated rings. The first-order valence-corrected chi connectivity index (χ1v) is 27.6. The van der Waals surface area contributed by atoms with E-state index in [2.05, 4.69) is 41.5 Å². The second-order valence-electron chi connectivity index (χ2n) is 20.6. The Morgan fingerprint density at radius 3 is 0.694 bits per heavy atom. The van der Waals surface area contributed by atoms with Gasteiger partial charge in [0.2, 0.25) is 0 Å². The molecular weight excluding hydrogens is 769 g/mol. The standard InChI is InChI=1S/C56H108O6/c1-50(2)42-36-30-24-18-13-9-7-8-10-15-21-27-33-39-45-54(57)60-48-53(62-56(59)47-41-35-29-23-17-20-26-32-38-44-52(5)6)49-61-55(58)46-40-34-28-22-16-12-11-14-19-25-31-37-43-51(3)4/h50-53H,7-49H2,1-6H3/t53-/m1/s1. The molecule has 0 heterocycles. The summed E-state index contributed by atoms with van der Waals surface area (Å²) in [4.78, 5) is 38.0. The molecule has 0 aliphatic heterocycles. The maximum absolute atomic E-state index is 12.8. The number of unbranched alkanes of at least 4 members (excludes halogenated alkanes) is 32. The quantitative estimate of drug-likeness (QED) is 0.0344. The molecule has 0 saturated heterocycles. The van der Waals surface area contributed by atoms with Crippen molar-refractivity contribution in [3.05, 3.63) is 0 Å². The van der Waals surface area contributed by atoms with Gasteiger partial charge >= 0.3 is 17.9 Å². The third-order valence-electron chi connectivity index (χ3n) is 12.6. The number of rotatable bonds is 49. The monoisotopic (exact) mass is 877 g/mol. The lowest BCUT2D eigenvalue weighted by Gasteiger charge is -2.18. The third-order valence-corrected chi connectivity index (χ3v) is 12.6. The van der Waals surface area contributed by atoms with Gasteiger partial charge in [0.05, 0.1) is 0 Å².